The molecule has 1 aromatic heterocycles. The molecule has 1 unspecified atom stereocenters. The summed E-state index contributed by atoms with van der Waals surface area (Å²) in [5.74, 6) is -1.00. The zero-order valence-corrected chi connectivity index (χ0v) is 20.2. The Morgan fingerprint density at radius 1 is 1.20 bits per heavy atom. The van der Waals surface area contributed by atoms with Gasteiger partial charge in [0.2, 0.25) is 11.8 Å². The Balaban J connectivity index is 1.34. The first-order valence-corrected chi connectivity index (χ1v) is 11.6. The van der Waals surface area contributed by atoms with E-state index in [-0.39, 0.29) is 36.3 Å². The SMILES string of the molecule is CC(C)(C)OC(=O)N1CC(C)(c2cn(-c3cccc4c3CN(C3CCC(=O)NC3=O)C4=O)nn2)C1. The number of piperidine rings is 1. The molecule has 2 saturated heterocycles. The highest BCUT2D eigenvalue weighted by molar-refractivity contribution is 6.05. The molecule has 11 nitrogen and oxygen atoms in total. The molecule has 0 aliphatic carbocycles. The molecule has 4 amide bonds. The van der Waals surface area contributed by atoms with Gasteiger partial charge in [-0.25, -0.2) is 9.48 Å². The van der Waals surface area contributed by atoms with Gasteiger partial charge < -0.3 is 14.5 Å². The molecule has 11 heteroatoms. The third kappa shape index (κ3) is 4.04. The van der Waals surface area contributed by atoms with Gasteiger partial charge in [0, 0.05) is 42.6 Å². The van der Waals surface area contributed by atoms with Crippen molar-refractivity contribution in [2.75, 3.05) is 13.1 Å². The van der Waals surface area contributed by atoms with E-state index in [4.69, 9.17) is 4.74 Å². The molecule has 184 valence electrons. The molecule has 3 aliphatic rings. The first-order chi connectivity index (χ1) is 16.4. The number of benzene rings is 1. The van der Waals surface area contributed by atoms with Crippen molar-refractivity contribution in [1.29, 1.82) is 0 Å². The number of hydrogen-bond donors (Lipinski definition) is 1. The zero-order chi connectivity index (χ0) is 25.1. The summed E-state index contributed by atoms with van der Waals surface area (Å²) in [5.41, 5.74) is 1.79. The zero-order valence-electron chi connectivity index (χ0n) is 20.2. The van der Waals surface area contributed by atoms with E-state index in [1.807, 2.05) is 40.0 Å². The third-order valence-corrected chi connectivity index (χ3v) is 6.65. The molecule has 1 aromatic carbocycles. The average molecular weight is 481 g/mol. The van der Waals surface area contributed by atoms with Crippen LogP contribution in [0.5, 0.6) is 0 Å². The second-order valence-corrected chi connectivity index (χ2v) is 10.6. The second kappa shape index (κ2) is 7.89. The van der Waals surface area contributed by atoms with Crippen molar-refractivity contribution in [3.63, 3.8) is 0 Å². The van der Waals surface area contributed by atoms with E-state index in [0.717, 1.165) is 11.3 Å². The summed E-state index contributed by atoms with van der Waals surface area (Å²) in [4.78, 5) is 52.5. The van der Waals surface area contributed by atoms with E-state index < -0.39 is 17.6 Å². The van der Waals surface area contributed by atoms with Crippen molar-refractivity contribution < 1.29 is 23.9 Å². The van der Waals surface area contributed by atoms with E-state index in [1.165, 1.54) is 4.90 Å². The van der Waals surface area contributed by atoms with Gasteiger partial charge in [0.25, 0.3) is 5.91 Å². The lowest BCUT2D eigenvalue weighted by atomic mass is 9.79. The summed E-state index contributed by atoms with van der Waals surface area (Å²) in [6, 6.07) is 4.68. The van der Waals surface area contributed by atoms with Crippen molar-refractivity contribution in [2.45, 2.75) is 64.1 Å². The summed E-state index contributed by atoms with van der Waals surface area (Å²) in [5, 5.41) is 11.0. The number of nitrogens with zero attached hydrogens (tertiary/aromatic N) is 5. The molecular weight excluding hydrogens is 452 g/mol. The normalized spacial score (nSPS) is 21.5. The number of ether oxygens (including phenoxy) is 1. The van der Waals surface area contributed by atoms with Gasteiger partial charge in [0.1, 0.15) is 11.6 Å². The minimum atomic E-state index is -0.681. The third-order valence-electron chi connectivity index (χ3n) is 6.65. The second-order valence-electron chi connectivity index (χ2n) is 10.6. The number of nitrogens with one attached hydrogen (secondary N) is 1. The molecular formula is C24H28N6O5. The lowest BCUT2D eigenvalue weighted by Gasteiger charge is -2.46. The molecule has 1 atom stereocenters. The minimum absolute atomic E-state index is 0.203. The summed E-state index contributed by atoms with van der Waals surface area (Å²) in [7, 11) is 0. The van der Waals surface area contributed by atoms with Crippen molar-refractivity contribution in [3.8, 4) is 5.69 Å². The van der Waals surface area contributed by atoms with E-state index in [0.29, 0.717) is 30.8 Å². The number of carbonyl (C=O) groups is 4. The van der Waals surface area contributed by atoms with Crippen LogP contribution in [0.15, 0.2) is 24.4 Å². The van der Waals surface area contributed by atoms with Crippen LogP contribution >= 0.6 is 0 Å². The molecule has 1 N–H and O–H groups in total. The summed E-state index contributed by atoms with van der Waals surface area (Å²) >= 11 is 0. The number of carbonyl (C=O) groups excluding carboxylic acids is 4. The first kappa shape index (κ1) is 23.0. The molecule has 2 aromatic rings. The molecule has 0 bridgehead atoms. The van der Waals surface area contributed by atoms with E-state index in [9.17, 15) is 19.2 Å². The Hall–Kier alpha value is -3.76. The maximum absolute atomic E-state index is 13.1. The van der Waals surface area contributed by atoms with Crippen molar-refractivity contribution in [2.24, 2.45) is 0 Å². The van der Waals surface area contributed by atoms with Crippen molar-refractivity contribution in [3.05, 3.63) is 41.2 Å². The highest BCUT2D eigenvalue weighted by Crippen LogP contribution is 2.35. The smallest absolute Gasteiger partial charge is 0.410 e. The summed E-state index contributed by atoms with van der Waals surface area (Å²) in [6.07, 6.45) is 1.98. The first-order valence-electron chi connectivity index (χ1n) is 11.6. The van der Waals surface area contributed by atoms with E-state index in [2.05, 4.69) is 15.6 Å². The van der Waals surface area contributed by atoms with Crippen LogP contribution in [0, 0.1) is 0 Å². The van der Waals surface area contributed by atoms with Gasteiger partial charge in [-0.15, -0.1) is 5.10 Å². The fourth-order valence-electron chi connectivity index (χ4n) is 4.86. The lowest BCUT2D eigenvalue weighted by Crippen LogP contribution is -2.60. The molecule has 0 radical (unpaired) electrons. The number of rotatable bonds is 3. The highest BCUT2D eigenvalue weighted by atomic mass is 16.6. The fourth-order valence-corrected chi connectivity index (χ4v) is 4.86. The minimum Gasteiger partial charge on any atom is -0.444 e. The van der Waals surface area contributed by atoms with Crippen LogP contribution in [0.4, 0.5) is 4.79 Å². The van der Waals surface area contributed by atoms with Crippen molar-refractivity contribution >= 4 is 23.8 Å². The van der Waals surface area contributed by atoms with Crippen LogP contribution in [-0.2, 0) is 26.3 Å². The summed E-state index contributed by atoms with van der Waals surface area (Å²) in [6.45, 7) is 8.70. The Bertz CT molecular complexity index is 1240. The molecule has 4 heterocycles. The number of amides is 4. The number of likely N-dealkylation sites (tertiary alicyclic amines) is 1. The number of fused-ring (bicyclic) bond motifs is 1. The van der Waals surface area contributed by atoms with Gasteiger partial charge in [-0.2, -0.15) is 0 Å². The van der Waals surface area contributed by atoms with Crippen LogP contribution in [0.1, 0.15) is 62.2 Å². The van der Waals surface area contributed by atoms with Crippen LogP contribution in [-0.4, -0.2) is 73.3 Å². The molecule has 2 fully saturated rings. The Morgan fingerprint density at radius 2 is 1.94 bits per heavy atom. The van der Waals surface area contributed by atoms with Gasteiger partial charge in [0.05, 0.1) is 17.6 Å². The Kier molecular flexibility index (Phi) is 5.19. The molecule has 0 spiro atoms. The fraction of sp³-hybridized carbons (Fsp3) is 0.500. The van der Waals surface area contributed by atoms with E-state index in [1.54, 1.807) is 21.7 Å². The van der Waals surface area contributed by atoms with Gasteiger partial charge >= 0.3 is 6.09 Å². The average Bonchev–Trinajstić information content (AvgIpc) is 3.36. The Labute approximate surface area is 202 Å². The van der Waals surface area contributed by atoms with Crippen LogP contribution in [0.25, 0.3) is 5.69 Å². The van der Waals surface area contributed by atoms with Crippen molar-refractivity contribution in [1.82, 2.24) is 30.1 Å². The molecule has 35 heavy (non-hydrogen) atoms. The summed E-state index contributed by atoms with van der Waals surface area (Å²) < 4.78 is 7.08. The van der Waals surface area contributed by atoms with Crippen LogP contribution in [0.3, 0.4) is 0 Å². The number of imide groups is 1. The lowest BCUT2D eigenvalue weighted by molar-refractivity contribution is -0.136. The van der Waals surface area contributed by atoms with E-state index >= 15 is 0 Å². The Morgan fingerprint density at radius 3 is 2.63 bits per heavy atom. The van der Waals surface area contributed by atoms with Gasteiger partial charge in [-0.05, 0) is 39.3 Å². The standard InChI is InChI=1S/C24H28N6O5/c1-23(2,3)35-22(34)28-12-24(4,13-28)18-11-30(27-26-18)16-7-5-6-14-15(16)10-29(21(14)33)17-8-9-19(31)25-20(17)32/h5-7,11,17H,8-10,12-13H2,1-4H3,(H,25,31,32). The highest BCUT2D eigenvalue weighted by Gasteiger charge is 2.46. The number of hydrogen-bond acceptors (Lipinski definition) is 7. The van der Waals surface area contributed by atoms with Crippen LogP contribution < -0.4 is 5.32 Å². The topological polar surface area (TPSA) is 127 Å². The van der Waals surface area contributed by atoms with Gasteiger partial charge in [0.15, 0.2) is 0 Å². The monoisotopic (exact) mass is 480 g/mol. The van der Waals surface area contributed by atoms with Gasteiger partial charge in [-0.1, -0.05) is 18.2 Å². The maximum Gasteiger partial charge on any atom is 0.410 e. The predicted octanol–water partition coefficient (Wildman–Crippen LogP) is 1.54. The molecule has 5 rings (SSSR count). The molecule has 0 saturated carbocycles. The quantitative estimate of drug-likeness (QED) is 0.660. The largest absolute Gasteiger partial charge is 0.444 e. The number of aromatic nitrogens is 3. The maximum atomic E-state index is 13.1. The van der Waals surface area contributed by atoms with Gasteiger partial charge in [-0.3, -0.25) is 19.7 Å². The molecule has 3 aliphatic heterocycles. The van der Waals surface area contributed by atoms with Crippen LogP contribution in [0.2, 0.25) is 0 Å². The predicted molar refractivity (Wildman–Crippen MR) is 123 cm³/mol.